The molecule has 0 spiro atoms. The summed E-state index contributed by atoms with van der Waals surface area (Å²) in [4.78, 5) is 35.0. The van der Waals surface area contributed by atoms with Gasteiger partial charge in [0.15, 0.2) is 0 Å². The molecule has 2 aromatic rings. The van der Waals surface area contributed by atoms with Crippen LogP contribution in [0.3, 0.4) is 0 Å². The zero-order valence-electron chi connectivity index (χ0n) is 11.8. The van der Waals surface area contributed by atoms with E-state index in [1.165, 1.54) is 22.8 Å². The number of pyridine rings is 1. The van der Waals surface area contributed by atoms with Gasteiger partial charge in [0.05, 0.1) is 16.9 Å². The molecule has 0 amide bonds. The summed E-state index contributed by atoms with van der Waals surface area (Å²) in [5.74, 6) is -0.149. The number of hydrogen-bond donors (Lipinski definition) is 1. The van der Waals surface area contributed by atoms with E-state index in [-0.39, 0.29) is 28.8 Å². The van der Waals surface area contributed by atoms with Crippen molar-refractivity contribution in [2.45, 2.75) is 13.5 Å². The van der Waals surface area contributed by atoms with Crippen molar-refractivity contribution in [2.75, 3.05) is 18.5 Å². The molecule has 1 aromatic carbocycles. The highest BCUT2D eigenvalue weighted by molar-refractivity contribution is 6.09. The molecule has 3 rings (SSSR count). The Balaban J connectivity index is 2.38. The normalized spacial score (nSPS) is 12.8. The molecule has 2 heterocycles. The number of aromatic nitrogens is 1. The number of anilines is 1. The summed E-state index contributed by atoms with van der Waals surface area (Å²) in [6.07, 6.45) is 0. The van der Waals surface area contributed by atoms with Crippen LogP contribution in [0.4, 0.5) is 11.5 Å². The lowest BCUT2D eigenvalue weighted by Crippen LogP contribution is -2.21. The van der Waals surface area contributed by atoms with Crippen LogP contribution in [-0.4, -0.2) is 28.6 Å². The van der Waals surface area contributed by atoms with Crippen molar-refractivity contribution in [1.82, 2.24) is 4.57 Å². The lowest BCUT2D eigenvalue weighted by Gasteiger charge is -2.12. The van der Waals surface area contributed by atoms with Crippen LogP contribution in [0.25, 0.3) is 10.8 Å². The van der Waals surface area contributed by atoms with Gasteiger partial charge in [0.1, 0.15) is 11.4 Å². The lowest BCUT2D eigenvalue weighted by atomic mass is 10.1. The number of carbonyl (C=O) groups is 1. The number of fused-ring (bicyclic) bond motifs is 2. The molecular formula is C14H13N3O5. The molecule has 1 aromatic heterocycles. The van der Waals surface area contributed by atoms with Crippen molar-refractivity contribution < 1.29 is 14.5 Å². The van der Waals surface area contributed by atoms with Crippen molar-refractivity contribution in [3.63, 3.8) is 0 Å². The van der Waals surface area contributed by atoms with E-state index < -0.39 is 10.9 Å². The van der Waals surface area contributed by atoms with Gasteiger partial charge in [0, 0.05) is 30.6 Å². The molecule has 0 unspecified atom stereocenters. The van der Waals surface area contributed by atoms with E-state index in [1.54, 1.807) is 6.92 Å². The topological polar surface area (TPSA) is 103 Å². The average molecular weight is 303 g/mol. The number of non-ortho nitro benzene ring substituents is 1. The Morgan fingerprint density at radius 1 is 1.45 bits per heavy atom. The van der Waals surface area contributed by atoms with Gasteiger partial charge in [-0.25, -0.2) is 4.79 Å². The second kappa shape index (κ2) is 5.14. The maximum atomic E-state index is 12.5. The number of ether oxygens (including phenoxy) is 1. The Labute approximate surface area is 124 Å². The van der Waals surface area contributed by atoms with Gasteiger partial charge >= 0.3 is 5.97 Å². The zero-order chi connectivity index (χ0) is 15.9. The molecular weight excluding hydrogens is 290 g/mol. The van der Waals surface area contributed by atoms with Crippen molar-refractivity contribution in [3.05, 3.63) is 44.2 Å². The molecule has 114 valence electrons. The molecule has 8 nitrogen and oxygen atoms in total. The molecule has 22 heavy (non-hydrogen) atoms. The van der Waals surface area contributed by atoms with Crippen molar-refractivity contribution in [2.24, 2.45) is 0 Å². The van der Waals surface area contributed by atoms with Crippen LogP contribution < -0.4 is 10.9 Å². The maximum Gasteiger partial charge on any atom is 0.342 e. The summed E-state index contributed by atoms with van der Waals surface area (Å²) < 4.78 is 6.47. The number of nitro groups is 1. The molecule has 1 aliphatic rings. The number of hydrogen-bond acceptors (Lipinski definition) is 6. The minimum Gasteiger partial charge on any atom is -0.462 e. The fraction of sp³-hybridized carbons (Fsp3) is 0.286. The van der Waals surface area contributed by atoms with Gasteiger partial charge in [-0.1, -0.05) is 0 Å². The van der Waals surface area contributed by atoms with Gasteiger partial charge in [-0.3, -0.25) is 19.5 Å². The highest BCUT2D eigenvalue weighted by atomic mass is 16.6. The number of rotatable bonds is 3. The number of carbonyl (C=O) groups excluding carboxylic acids is 1. The Morgan fingerprint density at radius 2 is 2.23 bits per heavy atom. The molecule has 0 radical (unpaired) electrons. The summed E-state index contributed by atoms with van der Waals surface area (Å²) in [5, 5.41) is 14.4. The van der Waals surface area contributed by atoms with Crippen LogP contribution in [0.15, 0.2) is 23.0 Å². The highest BCUT2D eigenvalue weighted by Gasteiger charge is 2.26. The maximum absolute atomic E-state index is 12.5. The monoisotopic (exact) mass is 303 g/mol. The first kappa shape index (κ1) is 14.1. The molecule has 0 bridgehead atoms. The fourth-order valence-corrected chi connectivity index (χ4v) is 2.64. The first-order valence-corrected chi connectivity index (χ1v) is 6.80. The number of nitrogens with zero attached hydrogens (tertiary/aromatic N) is 2. The second-order valence-electron chi connectivity index (χ2n) is 4.81. The predicted molar refractivity (Wildman–Crippen MR) is 79.3 cm³/mol. The molecule has 0 saturated carbocycles. The average Bonchev–Trinajstić information content (AvgIpc) is 2.96. The van der Waals surface area contributed by atoms with E-state index in [0.29, 0.717) is 24.3 Å². The molecule has 0 aliphatic carbocycles. The Hall–Kier alpha value is -2.90. The van der Waals surface area contributed by atoms with E-state index in [9.17, 15) is 19.7 Å². The van der Waals surface area contributed by atoms with Crippen molar-refractivity contribution >= 4 is 28.2 Å². The van der Waals surface area contributed by atoms with Crippen LogP contribution in [0, 0.1) is 10.1 Å². The minimum atomic E-state index is -0.570. The van der Waals surface area contributed by atoms with Crippen LogP contribution in [0.5, 0.6) is 0 Å². The van der Waals surface area contributed by atoms with Crippen molar-refractivity contribution in [1.29, 1.82) is 0 Å². The third-order valence-electron chi connectivity index (χ3n) is 3.57. The number of nitrogens with one attached hydrogen (secondary N) is 1. The van der Waals surface area contributed by atoms with E-state index in [0.717, 1.165) is 0 Å². The summed E-state index contributed by atoms with van der Waals surface area (Å²) in [7, 11) is 0. The van der Waals surface area contributed by atoms with Crippen LogP contribution in [-0.2, 0) is 11.3 Å². The Bertz CT molecular complexity index is 856. The van der Waals surface area contributed by atoms with Crippen LogP contribution in [0.2, 0.25) is 0 Å². The van der Waals surface area contributed by atoms with E-state index in [2.05, 4.69) is 5.32 Å². The molecule has 0 saturated heterocycles. The van der Waals surface area contributed by atoms with Gasteiger partial charge < -0.3 is 10.1 Å². The lowest BCUT2D eigenvalue weighted by molar-refractivity contribution is -0.384. The highest BCUT2D eigenvalue weighted by Crippen LogP contribution is 2.29. The molecule has 0 atom stereocenters. The third kappa shape index (κ3) is 2.00. The van der Waals surface area contributed by atoms with Gasteiger partial charge in [0.2, 0.25) is 0 Å². The molecule has 8 heteroatoms. The second-order valence-corrected chi connectivity index (χ2v) is 4.81. The SMILES string of the molecule is CCOC(=O)c1c2n(c(=O)c3cc([N+](=O)[O-])ccc13)CCN2. The quantitative estimate of drug-likeness (QED) is 0.523. The number of nitro benzene ring substituents is 1. The van der Waals surface area contributed by atoms with E-state index in [1.807, 2.05) is 0 Å². The molecule has 1 aliphatic heterocycles. The first-order valence-electron chi connectivity index (χ1n) is 6.80. The van der Waals surface area contributed by atoms with E-state index in [4.69, 9.17) is 4.74 Å². The van der Waals surface area contributed by atoms with Gasteiger partial charge in [0.25, 0.3) is 11.2 Å². The van der Waals surface area contributed by atoms with Crippen LogP contribution in [0.1, 0.15) is 17.3 Å². The minimum absolute atomic E-state index is 0.143. The molecule has 0 fully saturated rings. The standard InChI is InChI=1S/C14H13N3O5/c1-2-22-14(19)11-9-4-3-8(17(20)21)7-10(9)13(18)16-6-5-15-12(11)16/h3-4,7,15H,2,5-6H2,1H3. The summed E-state index contributed by atoms with van der Waals surface area (Å²) in [6.45, 7) is 2.80. The predicted octanol–water partition coefficient (Wildman–Crippen LogP) is 1.51. The Kier molecular flexibility index (Phi) is 3.28. The van der Waals surface area contributed by atoms with Crippen LogP contribution >= 0.6 is 0 Å². The summed E-state index contributed by atoms with van der Waals surface area (Å²) in [5.41, 5.74) is -0.304. The van der Waals surface area contributed by atoms with Crippen molar-refractivity contribution in [3.8, 4) is 0 Å². The smallest absolute Gasteiger partial charge is 0.342 e. The number of esters is 1. The first-order chi connectivity index (χ1) is 10.5. The van der Waals surface area contributed by atoms with Gasteiger partial charge in [-0.2, -0.15) is 0 Å². The zero-order valence-corrected chi connectivity index (χ0v) is 11.8. The van der Waals surface area contributed by atoms with Gasteiger partial charge in [-0.05, 0) is 13.0 Å². The molecule has 1 N–H and O–H groups in total. The summed E-state index contributed by atoms with van der Waals surface area (Å²) >= 11 is 0. The van der Waals surface area contributed by atoms with E-state index >= 15 is 0 Å². The number of benzene rings is 1. The summed E-state index contributed by atoms with van der Waals surface area (Å²) in [6, 6.07) is 3.89. The third-order valence-corrected chi connectivity index (χ3v) is 3.57. The van der Waals surface area contributed by atoms with Gasteiger partial charge in [-0.15, -0.1) is 0 Å². The fourth-order valence-electron chi connectivity index (χ4n) is 2.64. The Morgan fingerprint density at radius 3 is 2.91 bits per heavy atom. The largest absolute Gasteiger partial charge is 0.462 e.